The molecule has 2 aromatic rings. The van der Waals surface area contributed by atoms with Gasteiger partial charge >= 0.3 is 0 Å². The number of hydrogen-bond acceptors (Lipinski definition) is 4. The maximum atomic E-state index is 10.9. The Balaban J connectivity index is 0.00000264. The van der Waals surface area contributed by atoms with E-state index >= 15 is 0 Å². The van der Waals surface area contributed by atoms with Crippen LogP contribution in [0.25, 0.3) is 0 Å². The van der Waals surface area contributed by atoms with Gasteiger partial charge in [-0.1, -0.05) is 18.2 Å². The fraction of sp³-hybridized carbons (Fsp3) is 0.133. The van der Waals surface area contributed by atoms with Crippen LogP contribution in [0.3, 0.4) is 0 Å². The van der Waals surface area contributed by atoms with Crippen molar-refractivity contribution in [2.75, 3.05) is 12.4 Å². The number of aliphatic imine (C=N–C) groups is 1. The molecule has 7 nitrogen and oxygen atoms in total. The van der Waals surface area contributed by atoms with E-state index in [0.29, 0.717) is 5.56 Å². The zero-order valence-corrected chi connectivity index (χ0v) is 14.8. The minimum atomic E-state index is -0.433. The van der Waals surface area contributed by atoms with Crippen LogP contribution in [-0.2, 0) is 6.54 Å². The highest BCUT2D eigenvalue weighted by atomic mass is 127. The summed E-state index contributed by atoms with van der Waals surface area (Å²) in [7, 11) is 1.59. The second-order valence-electron chi connectivity index (χ2n) is 4.44. The molecule has 23 heavy (non-hydrogen) atoms. The van der Waals surface area contributed by atoms with Crippen LogP contribution in [0.1, 0.15) is 5.56 Å². The van der Waals surface area contributed by atoms with Gasteiger partial charge in [-0.15, -0.1) is 24.0 Å². The molecule has 0 aliphatic rings. The molecule has 0 aromatic heterocycles. The summed E-state index contributed by atoms with van der Waals surface area (Å²) in [5.74, 6) is 0.921. The Hall–Kier alpha value is -2.36. The predicted octanol–water partition coefficient (Wildman–Crippen LogP) is 3.15. The van der Waals surface area contributed by atoms with Gasteiger partial charge < -0.3 is 15.8 Å². The van der Waals surface area contributed by atoms with Gasteiger partial charge in [0.1, 0.15) is 5.75 Å². The number of nitrogens with zero attached hydrogens (tertiary/aromatic N) is 2. The van der Waals surface area contributed by atoms with Crippen molar-refractivity contribution in [2.24, 2.45) is 10.7 Å². The fourth-order valence-electron chi connectivity index (χ4n) is 1.85. The van der Waals surface area contributed by atoms with E-state index in [2.05, 4.69) is 10.3 Å². The summed E-state index contributed by atoms with van der Waals surface area (Å²) >= 11 is 0. The Morgan fingerprint density at radius 3 is 2.52 bits per heavy atom. The molecule has 0 atom stereocenters. The van der Waals surface area contributed by atoms with E-state index in [4.69, 9.17) is 10.5 Å². The van der Waals surface area contributed by atoms with Crippen molar-refractivity contribution in [1.29, 1.82) is 0 Å². The molecule has 0 heterocycles. The van der Waals surface area contributed by atoms with E-state index in [1.54, 1.807) is 49.6 Å². The molecule has 0 aliphatic carbocycles. The number of nitrogens with two attached hydrogens (primary N) is 1. The molecule has 0 bridgehead atoms. The summed E-state index contributed by atoms with van der Waals surface area (Å²) < 4.78 is 5.06. The number of para-hydroxylation sites is 1. The molecule has 0 saturated heterocycles. The molecule has 8 heteroatoms. The Kier molecular flexibility index (Phi) is 7.26. The number of nitro benzene ring substituents is 1. The number of ether oxygens (including phenoxy) is 1. The van der Waals surface area contributed by atoms with Crippen molar-refractivity contribution in [3.63, 3.8) is 0 Å². The van der Waals surface area contributed by atoms with E-state index in [1.807, 2.05) is 0 Å². The monoisotopic (exact) mass is 428 g/mol. The molecule has 0 saturated carbocycles. The van der Waals surface area contributed by atoms with Crippen molar-refractivity contribution < 1.29 is 9.66 Å². The Morgan fingerprint density at radius 1 is 1.26 bits per heavy atom. The SMILES string of the molecule is COc1ccc(NC(N)=NCc2ccccc2[N+](=O)[O-])cc1.I. The van der Waals surface area contributed by atoms with Crippen LogP contribution >= 0.6 is 24.0 Å². The van der Waals surface area contributed by atoms with Crippen molar-refractivity contribution in [3.05, 3.63) is 64.2 Å². The van der Waals surface area contributed by atoms with Gasteiger partial charge in [0.25, 0.3) is 5.69 Å². The summed E-state index contributed by atoms with van der Waals surface area (Å²) in [5.41, 5.74) is 7.08. The largest absolute Gasteiger partial charge is 0.497 e. The Labute approximate surface area is 150 Å². The van der Waals surface area contributed by atoms with Gasteiger partial charge in [-0.2, -0.15) is 0 Å². The van der Waals surface area contributed by atoms with Gasteiger partial charge in [0.05, 0.1) is 24.1 Å². The van der Waals surface area contributed by atoms with E-state index in [1.165, 1.54) is 6.07 Å². The zero-order valence-electron chi connectivity index (χ0n) is 12.4. The number of halogens is 1. The van der Waals surface area contributed by atoms with Gasteiger partial charge in [0, 0.05) is 11.8 Å². The van der Waals surface area contributed by atoms with Gasteiger partial charge in [-0.25, -0.2) is 4.99 Å². The van der Waals surface area contributed by atoms with Crippen LogP contribution in [0.4, 0.5) is 11.4 Å². The number of hydrogen-bond donors (Lipinski definition) is 2. The number of guanidine groups is 1. The highest BCUT2D eigenvalue weighted by Gasteiger charge is 2.11. The normalized spacial score (nSPS) is 10.6. The van der Waals surface area contributed by atoms with Crippen molar-refractivity contribution in [3.8, 4) is 5.75 Å². The lowest BCUT2D eigenvalue weighted by Crippen LogP contribution is -2.22. The Morgan fingerprint density at radius 2 is 1.91 bits per heavy atom. The summed E-state index contributed by atoms with van der Waals surface area (Å²) in [4.78, 5) is 14.6. The second-order valence-corrected chi connectivity index (χ2v) is 4.44. The third-order valence-electron chi connectivity index (χ3n) is 2.97. The molecule has 0 fully saturated rings. The van der Waals surface area contributed by atoms with Crippen LogP contribution in [0.5, 0.6) is 5.75 Å². The first-order valence-electron chi connectivity index (χ1n) is 6.53. The molecule has 0 amide bonds. The number of methoxy groups -OCH3 is 1. The minimum Gasteiger partial charge on any atom is -0.497 e. The highest BCUT2D eigenvalue weighted by molar-refractivity contribution is 14.0. The third kappa shape index (κ3) is 5.40. The number of nitrogens with one attached hydrogen (secondary N) is 1. The number of benzene rings is 2. The van der Waals surface area contributed by atoms with Crippen LogP contribution in [0.2, 0.25) is 0 Å². The van der Waals surface area contributed by atoms with Crippen LogP contribution in [0.15, 0.2) is 53.5 Å². The van der Waals surface area contributed by atoms with Gasteiger partial charge in [-0.3, -0.25) is 10.1 Å². The van der Waals surface area contributed by atoms with Gasteiger partial charge in [0.15, 0.2) is 5.96 Å². The molecule has 0 aliphatic heterocycles. The maximum absolute atomic E-state index is 10.9. The lowest BCUT2D eigenvalue weighted by Gasteiger charge is -2.07. The van der Waals surface area contributed by atoms with Gasteiger partial charge in [-0.05, 0) is 24.3 Å². The molecule has 0 spiro atoms. The molecular weight excluding hydrogens is 411 g/mol. The summed E-state index contributed by atoms with van der Waals surface area (Å²) in [6.07, 6.45) is 0. The van der Waals surface area contributed by atoms with Crippen LogP contribution in [0, 0.1) is 10.1 Å². The zero-order chi connectivity index (χ0) is 15.9. The van der Waals surface area contributed by atoms with Crippen molar-refractivity contribution >= 4 is 41.3 Å². The molecule has 0 radical (unpaired) electrons. The van der Waals surface area contributed by atoms with E-state index < -0.39 is 4.92 Å². The first kappa shape index (κ1) is 18.7. The third-order valence-corrected chi connectivity index (χ3v) is 2.97. The standard InChI is InChI=1S/C15H16N4O3.HI/c1-22-13-8-6-12(7-9-13)18-15(16)17-10-11-4-2-3-5-14(11)19(20)21;/h2-9H,10H2,1H3,(H3,16,17,18);1H. The fourth-order valence-corrected chi connectivity index (χ4v) is 1.85. The quantitative estimate of drug-likeness (QED) is 0.251. The minimum absolute atomic E-state index is 0. The summed E-state index contributed by atoms with van der Waals surface area (Å²) in [6.45, 7) is 0.131. The predicted molar refractivity (Wildman–Crippen MR) is 100 cm³/mol. The summed E-state index contributed by atoms with van der Waals surface area (Å²) in [6, 6.07) is 13.6. The topological polar surface area (TPSA) is 103 Å². The Bertz CT molecular complexity index is 689. The van der Waals surface area contributed by atoms with Gasteiger partial charge in [0.2, 0.25) is 0 Å². The van der Waals surface area contributed by atoms with Crippen molar-refractivity contribution in [2.45, 2.75) is 6.54 Å². The number of nitro groups is 1. The number of anilines is 1. The molecule has 0 unspecified atom stereocenters. The highest BCUT2D eigenvalue weighted by Crippen LogP contribution is 2.18. The molecule has 2 rings (SSSR count). The van der Waals surface area contributed by atoms with Crippen LogP contribution in [-0.4, -0.2) is 18.0 Å². The lowest BCUT2D eigenvalue weighted by atomic mass is 10.2. The summed E-state index contributed by atoms with van der Waals surface area (Å²) in [5, 5.41) is 13.8. The first-order valence-corrected chi connectivity index (χ1v) is 6.53. The molecule has 122 valence electrons. The average molecular weight is 428 g/mol. The number of rotatable bonds is 5. The molecular formula is C15H17IN4O3. The van der Waals surface area contributed by atoms with E-state index in [-0.39, 0.29) is 42.2 Å². The second kappa shape index (κ2) is 8.93. The van der Waals surface area contributed by atoms with E-state index in [9.17, 15) is 10.1 Å². The maximum Gasteiger partial charge on any atom is 0.274 e. The van der Waals surface area contributed by atoms with E-state index in [0.717, 1.165) is 11.4 Å². The molecule has 2 aromatic carbocycles. The first-order chi connectivity index (χ1) is 10.6. The van der Waals surface area contributed by atoms with Crippen LogP contribution < -0.4 is 15.8 Å². The molecule has 3 N–H and O–H groups in total. The van der Waals surface area contributed by atoms with Crippen molar-refractivity contribution in [1.82, 2.24) is 0 Å². The average Bonchev–Trinajstić information content (AvgIpc) is 2.54. The smallest absolute Gasteiger partial charge is 0.274 e. The lowest BCUT2D eigenvalue weighted by molar-refractivity contribution is -0.385.